The van der Waals surface area contributed by atoms with Gasteiger partial charge in [-0.2, -0.15) is 0 Å². The Morgan fingerprint density at radius 3 is 2.32 bits per heavy atom. The third-order valence-corrected chi connectivity index (χ3v) is 4.45. The summed E-state index contributed by atoms with van der Waals surface area (Å²) in [5.41, 5.74) is 0.0291. The summed E-state index contributed by atoms with van der Waals surface area (Å²) < 4.78 is 0. The summed E-state index contributed by atoms with van der Waals surface area (Å²) in [6.07, 6.45) is 1.65. The van der Waals surface area contributed by atoms with E-state index in [9.17, 15) is 4.79 Å². The van der Waals surface area contributed by atoms with Crippen molar-refractivity contribution in [3.05, 3.63) is 40.9 Å². The highest BCUT2D eigenvalue weighted by atomic mass is 35.5. The number of rotatable bonds is 5. The fourth-order valence-electron chi connectivity index (χ4n) is 1.37. The lowest BCUT2D eigenvalue weighted by Crippen LogP contribution is -2.33. The van der Waals surface area contributed by atoms with E-state index in [1.807, 2.05) is 0 Å². The van der Waals surface area contributed by atoms with Crippen LogP contribution in [0.4, 0.5) is 0 Å². The highest BCUT2D eigenvalue weighted by Crippen LogP contribution is 2.32. The molecule has 0 N–H and O–H groups in total. The smallest absolute Gasteiger partial charge is 0.154 e. The maximum Gasteiger partial charge on any atom is 0.154 e. The summed E-state index contributed by atoms with van der Waals surface area (Å²) in [4.78, 5) is 11.7. The maximum atomic E-state index is 11.7. The van der Waals surface area contributed by atoms with E-state index in [1.165, 1.54) is 0 Å². The standard InChI is InChI=1S/C14H14Cl4O/c1-14(2,13(19)8-15)12(18)7-11(17)9-3-5-10(16)6-4-9/h3-7,12H,8H2,1-2H3/b11-7+. The first-order valence-electron chi connectivity index (χ1n) is 5.65. The van der Waals surface area contributed by atoms with Crippen LogP contribution in [0, 0.1) is 5.41 Å². The molecular weight excluding hydrogens is 326 g/mol. The van der Waals surface area contributed by atoms with Crippen molar-refractivity contribution in [3.8, 4) is 0 Å². The first-order valence-corrected chi connectivity index (χ1v) is 7.38. The molecule has 19 heavy (non-hydrogen) atoms. The van der Waals surface area contributed by atoms with Crippen molar-refractivity contribution in [2.45, 2.75) is 19.2 Å². The van der Waals surface area contributed by atoms with Crippen LogP contribution in [-0.2, 0) is 4.79 Å². The van der Waals surface area contributed by atoms with Crippen molar-refractivity contribution in [3.63, 3.8) is 0 Å². The van der Waals surface area contributed by atoms with Crippen LogP contribution in [0.25, 0.3) is 5.03 Å². The Morgan fingerprint density at radius 1 is 1.32 bits per heavy atom. The van der Waals surface area contributed by atoms with Gasteiger partial charge in [0.05, 0.1) is 11.3 Å². The molecule has 104 valence electrons. The normalized spacial score (nSPS) is 14.3. The van der Waals surface area contributed by atoms with E-state index < -0.39 is 10.8 Å². The summed E-state index contributed by atoms with van der Waals surface area (Å²) in [6.45, 7) is 3.50. The molecule has 5 heteroatoms. The molecule has 0 radical (unpaired) electrons. The quantitative estimate of drug-likeness (QED) is 0.660. The largest absolute Gasteiger partial charge is 0.298 e. The minimum Gasteiger partial charge on any atom is -0.298 e. The molecule has 1 unspecified atom stereocenters. The number of allylic oxidation sites excluding steroid dienone is 1. The first-order chi connectivity index (χ1) is 8.78. The van der Waals surface area contributed by atoms with Crippen molar-refractivity contribution in [2.24, 2.45) is 5.41 Å². The van der Waals surface area contributed by atoms with Gasteiger partial charge in [-0.1, -0.05) is 49.2 Å². The lowest BCUT2D eigenvalue weighted by molar-refractivity contribution is -0.124. The van der Waals surface area contributed by atoms with Crippen molar-refractivity contribution in [1.29, 1.82) is 0 Å². The second-order valence-corrected chi connectivity index (χ2v) is 6.28. The van der Waals surface area contributed by atoms with Gasteiger partial charge in [0.1, 0.15) is 0 Å². The molecule has 1 atom stereocenters. The Bertz CT molecular complexity index is 477. The van der Waals surface area contributed by atoms with Gasteiger partial charge < -0.3 is 0 Å². The second-order valence-electron chi connectivity index (χ2n) is 4.70. The first kappa shape index (κ1) is 16.8. The van der Waals surface area contributed by atoms with E-state index in [2.05, 4.69) is 0 Å². The summed E-state index contributed by atoms with van der Waals surface area (Å²) in [5, 5.41) is 0.572. The third kappa shape index (κ3) is 4.39. The van der Waals surface area contributed by atoms with Gasteiger partial charge in [0.25, 0.3) is 0 Å². The number of halogens is 4. The Hall–Kier alpha value is -0.210. The SMILES string of the molecule is CC(C)(C(=O)CCl)C(Cl)/C=C(/Cl)c1ccc(Cl)cc1. The summed E-state index contributed by atoms with van der Waals surface area (Å²) in [6, 6.07) is 7.07. The lowest BCUT2D eigenvalue weighted by Gasteiger charge is -2.25. The minimum absolute atomic E-state index is 0.0668. The lowest BCUT2D eigenvalue weighted by atomic mass is 9.84. The minimum atomic E-state index is -0.768. The number of hydrogen-bond donors (Lipinski definition) is 0. The van der Waals surface area contributed by atoms with Crippen LogP contribution >= 0.6 is 46.4 Å². The predicted molar refractivity (Wildman–Crippen MR) is 84.4 cm³/mol. The van der Waals surface area contributed by atoms with Crippen LogP contribution in [0.5, 0.6) is 0 Å². The average Bonchev–Trinajstić information content (AvgIpc) is 2.38. The van der Waals surface area contributed by atoms with Crippen LogP contribution < -0.4 is 0 Å². The van der Waals surface area contributed by atoms with E-state index in [0.29, 0.717) is 10.1 Å². The molecule has 0 saturated carbocycles. The van der Waals surface area contributed by atoms with Gasteiger partial charge in [0.2, 0.25) is 0 Å². The van der Waals surface area contributed by atoms with Gasteiger partial charge in [-0.15, -0.1) is 23.2 Å². The van der Waals surface area contributed by atoms with Crippen molar-refractivity contribution < 1.29 is 4.79 Å². The number of carbonyl (C=O) groups is 1. The highest BCUT2D eigenvalue weighted by Gasteiger charge is 2.33. The van der Waals surface area contributed by atoms with E-state index >= 15 is 0 Å². The number of hydrogen-bond acceptors (Lipinski definition) is 1. The Balaban J connectivity index is 2.95. The zero-order chi connectivity index (χ0) is 14.6. The molecule has 0 aliphatic heterocycles. The molecule has 0 aliphatic carbocycles. The van der Waals surface area contributed by atoms with E-state index in [0.717, 1.165) is 5.56 Å². The molecule has 0 bridgehead atoms. The molecule has 1 rings (SSSR count). The Labute approximate surface area is 133 Å². The van der Waals surface area contributed by atoms with Gasteiger partial charge in [-0.05, 0) is 23.8 Å². The summed E-state index contributed by atoms with van der Waals surface area (Å²) in [5.74, 6) is -0.186. The van der Waals surface area contributed by atoms with Gasteiger partial charge in [-0.25, -0.2) is 0 Å². The number of carbonyl (C=O) groups excluding carboxylic acids is 1. The summed E-state index contributed by atoms with van der Waals surface area (Å²) in [7, 11) is 0. The molecule has 0 aromatic heterocycles. The zero-order valence-corrected chi connectivity index (χ0v) is 13.6. The molecule has 0 fully saturated rings. The Kier molecular flexibility index (Phi) is 6.19. The van der Waals surface area contributed by atoms with Gasteiger partial charge in [0.15, 0.2) is 5.78 Å². The zero-order valence-electron chi connectivity index (χ0n) is 10.6. The third-order valence-electron chi connectivity index (χ3n) is 2.94. The van der Waals surface area contributed by atoms with Crippen molar-refractivity contribution >= 4 is 57.2 Å². The molecule has 1 aromatic rings. The Morgan fingerprint density at radius 2 is 1.84 bits per heavy atom. The van der Waals surface area contributed by atoms with E-state index in [-0.39, 0.29) is 11.7 Å². The predicted octanol–water partition coefficient (Wildman–Crippen LogP) is 5.36. The van der Waals surface area contributed by atoms with Gasteiger partial charge in [0, 0.05) is 15.5 Å². The van der Waals surface area contributed by atoms with Crippen LogP contribution in [0.1, 0.15) is 19.4 Å². The van der Waals surface area contributed by atoms with Crippen molar-refractivity contribution in [1.82, 2.24) is 0 Å². The van der Waals surface area contributed by atoms with E-state index in [1.54, 1.807) is 44.2 Å². The average molecular weight is 340 g/mol. The molecular formula is C14H14Cl4O. The topological polar surface area (TPSA) is 17.1 Å². The van der Waals surface area contributed by atoms with Crippen LogP contribution in [-0.4, -0.2) is 17.0 Å². The number of ketones is 1. The molecule has 1 nitrogen and oxygen atoms in total. The molecule has 0 spiro atoms. The fraction of sp³-hybridized carbons (Fsp3) is 0.357. The number of Topliss-reactive ketones (excluding diaryl/α,β-unsaturated/α-hetero) is 1. The van der Waals surface area contributed by atoms with E-state index in [4.69, 9.17) is 46.4 Å². The van der Waals surface area contributed by atoms with Gasteiger partial charge in [-0.3, -0.25) is 4.79 Å². The second kappa shape index (κ2) is 6.99. The van der Waals surface area contributed by atoms with Gasteiger partial charge >= 0.3 is 0 Å². The van der Waals surface area contributed by atoms with Crippen molar-refractivity contribution in [2.75, 3.05) is 5.88 Å². The molecule has 0 heterocycles. The maximum absolute atomic E-state index is 11.7. The monoisotopic (exact) mass is 338 g/mol. The molecule has 0 amide bonds. The van der Waals surface area contributed by atoms with Crippen LogP contribution in [0.2, 0.25) is 5.02 Å². The molecule has 0 saturated heterocycles. The molecule has 0 aliphatic rings. The number of benzene rings is 1. The van der Waals surface area contributed by atoms with Crippen LogP contribution in [0.15, 0.2) is 30.3 Å². The number of alkyl halides is 2. The summed E-state index contributed by atoms with van der Waals surface area (Å²) >= 11 is 23.8. The fourth-order valence-corrected chi connectivity index (χ4v) is 2.40. The molecule has 1 aromatic carbocycles. The van der Waals surface area contributed by atoms with Crippen LogP contribution in [0.3, 0.4) is 0 Å². The highest BCUT2D eigenvalue weighted by molar-refractivity contribution is 6.49.